The minimum absolute atomic E-state index is 0.143. The number of amides is 2. The Morgan fingerprint density at radius 2 is 1.85 bits per heavy atom. The fourth-order valence-corrected chi connectivity index (χ4v) is 2.71. The molecule has 1 heterocycles. The summed E-state index contributed by atoms with van der Waals surface area (Å²) in [5.41, 5.74) is -0.429. The molecule has 0 radical (unpaired) electrons. The van der Waals surface area contributed by atoms with Crippen molar-refractivity contribution in [2.24, 2.45) is 5.92 Å². The van der Waals surface area contributed by atoms with Crippen molar-refractivity contribution in [1.29, 1.82) is 0 Å². The summed E-state index contributed by atoms with van der Waals surface area (Å²) in [6, 6.07) is 4.15. The lowest BCUT2D eigenvalue weighted by molar-refractivity contribution is -0.152. The molecule has 0 aliphatic carbocycles. The summed E-state index contributed by atoms with van der Waals surface area (Å²) in [6.07, 6.45) is -7.50. The molecule has 6 nitrogen and oxygen atoms in total. The second kappa shape index (κ2) is 8.05. The van der Waals surface area contributed by atoms with Crippen molar-refractivity contribution in [2.75, 3.05) is 13.1 Å². The maximum atomic E-state index is 12.5. The van der Waals surface area contributed by atoms with Gasteiger partial charge in [0, 0.05) is 19.6 Å². The number of halogens is 3. The van der Waals surface area contributed by atoms with Gasteiger partial charge in [-0.2, -0.15) is 13.2 Å². The highest BCUT2D eigenvalue weighted by Gasteiger charge is 2.35. The molecule has 1 aliphatic rings. The maximum Gasteiger partial charge on any atom is 0.416 e. The predicted molar refractivity (Wildman–Crippen MR) is 85.7 cm³/mol. The molecule has 1 aliphatic heterocycles. The maximum absolute atomic E-state index is 12.5. The number of benzene rings is 1. The molecule has 0 spiro atoms. The van der Waals surface area contributed by atoms with Gasteiger partial charge in [0.1, 0.15) is 0 Å². The molecule has 1 aromatic rings. The van der Waals surface area contributed by atoms with Crippen molar-refractivity contribution in [1.82, 2.24) is 10.2 Å². The number of nitrogens with zero attached hydrogens (tertiary/aromatic N) is 1. The number of nitrogens with one attached hydrogen (secondary N) is 1. The second-order valence-electron chi connectivity index (χ2n) is 6.48. The monoisotopic (exact) mass is 374 g/mol. The van der Waals surface area contributed by atoms with Crippen LogP contribution in [0.4, 0.5) is 13.2 Å². The van der Waals surface area contributed by atoms with E-state index in [-0.39, 0.29) is 12.5 Å². The Kier molecular flexibility index (Phi) is 6.25. The van der Waals surface area contributed by atoms with Crippen LogP contribution >= 0.6 is 0 Å². The van der Waals surface area contributed by atoms with Gasteiger partial charge in [-0.1, -0.05) is 19.1 Å². The third-order valence-electron chi connectivity index (χ3n) is 4.30. The SMILES string of the molecule is CC1CCN(C(=O)[C@H](O)[C@@H](O)C(=O)NCc2ccc(C(F)(F)F)cc2)C1. The van der Waals surface area contributed by atoms with Crippen LogP contribution in [0.25, 0.3) is 0 Å². The van der Waals surface area contributed by atoms with E-state index in [1.165, 1.54) is 17.0 Å². The van der Waals surface area contributed by atoms with E-state index in [0.717, 1.165) is 18.6 Å². The number of carbonyl (C=O) groups excluding carboxylic acids is 2. The average Bonchev–Trinajstić information content (AvgIpc) is 3.03. The van der Waals surface area contributed by atoms with E-state index in [1.54, 1.807) is 0 Å². The van der Waals surface area contributed by atoms with Crippen LogP contribution in [0, 0.1) is 5.92 Å². The highest BCUT2D eigenvalue weighted by atomic mass is 19.4. The van der Waals surface area contributed by atoms with E-state index in [1.807, 2.05) is 6.92 Å². The third kappa shape index (κ3) is 4.95. The first-order valence-electron chi connectivity index (χ1n) is 8.18. The van der Waals surface area contributed by atoms with E-state index >= 15 is 0 Å². The number of aliphatic hydroxyl groups is 2. The Bertz CT molecular complexity index is 648. The first-order valence-corrected chi connectivity index (χ1v) is 8.18. The third-order valence-corrected chi connectivity index (χ3v) is 4.30. The Morgan fingerprint density at radius 3 is 2.35 bits per heavy atom. The number of likely N-dealkylation sites (tertiary alicyclic amines) is 1. The summed E-state index contributed by atoms with van der Waals surface area (Å²) in [7, 11) is 0. The van der Waals surface area contributed by atoms with Gasteiger partial charge in [-0.3, -0.25) is 9.59 Å². The molecule has 0 saturated carbocycles. The van der Waals surface area contributed by atoms with Crippen LogP contribution in [-0.2, 0) is 22.3 Å². The lowest BCUT2D eigenvalue weighted by atomic mass is 10.1. The standard InChI is InChI=1S/C17H21F3N2O4/c1-10-6-7-22(9-10)16(26)14(24)13(23)15(25)21-8-11-2-4-12(5-3-11)17(18,19)20/h2-5,10,13-14,23-24H,6-9H2,1H3,(H,21,25)/t10?,13-,14-/m1/s1. The fourth-order valence-electron chi connectivity index (χ4n) is 2.71. The lowest BCUT2D eigenvalue weighted by Crippen LogP contribution is -2.50. The number of carbonyl (C=O) groups is 2. The van der Waals surface area contributed by atoms with Crippen molar-refractivity contribution >= 4 is 11.8 Å². The zero-order valence-electron chi connectivity index (χ0n) is 14.2. The zero-order valence-corrected chi connectivity index (χ0v) is 14.2. The first kappa shape index (κ1) is 20.2. The van der Waals surface area contributed by atoms with Gasteiger partial charge in [0.15, 0.2) is 12.2 Å². The molecule has 144 valence electrons. The molecule has 1 aromatic carbocycles. The van der Waals surface area contributed by atoms with Gasteiger partial charge in [-0.15, -0.1) is 0 Å². The molecule has 2 rings (SSSR count). The Morgan fingerprint density at radius 1 is 1.23 bits per heavy atom. The fraction of sp³-hybridized carbons (Fsp3) is 0.529. The van der Waals surface area contributed by atoms with Crippen LogP contribution in [-0.4, -0.2) is 52.2 Å². The van der Waals surface area contributed by atoms with Crippen molar-refractivity contribution < 1.29 is 33.0 Å². The van der Waals surface area contributed by atoms with Gasteiger partial charge in [0.2, 0.25) is 0 Å². The Labute approximate surface area is 148 Å². The zero-order chi connectivity index (χ0) is 19.5. The van der Waals surface area contributed by atoms with E-state index in [2.05, 4.69) is 5.32 Å². The minimum Gasteiger partial charge on any atom is -0.380 e. The average molecular weight is 374 g/mol. The molecule has 0 aromatic heterocycles. The first-order chi connectivity index (χ1) is 12.1. The summed E-state index contributed by atoms with van der Waals surface area (Å²) in [5.74, 6) is -1.40. The molecule has 9 heteroatoms. The van der Waals surface area contributed by atoms with Crippen LogP contribution in [0.2, 0.25) is 0 Å². The van der Waals surface area contributed by atoms with E-state index in [0.29, 0.717) is 18.7 Å². The normalized spacial score (nSPS) is 19.9. The number of aliphatic hydroxyl groups excluding tert-OH is 2. The summed E-state index contributed by atoms with van der Waals surface area (Å²) < 4.78 is 37.5. The minimum atomic E-state index is -4.45. The van der Waals surface area contributed by atoms with Crippen LogP contribution in [0.15, 0.2) is 24.3 Å². The summed E-state index contributed by atoms with van der Waals surface area (Å²) in [4.78, 5) is 25.4. The number of alkyl halides is 3. The van der Waals surface area contributed by atoms with Gasteiger partial charge in [0.25, 0.3) is 11.8 Å². The quantitative estimate of drug-likeness (QED) is 0.715. The molecule has 26 heavy (non-hydrogen) atoms. The second-order valence-corrected chi connectivity index (χ2v) is 6.48. The van der Waals surface area contributed by atoms with E-state index in [9.17, 15) is 33.0 Å². The van der Waals surface area contributed by atoms with E-state index < -0.39 is 35.8 Å². The van der Waals surface area contributed by atoms with Crippen molar-refractivity contribution in [3.8, 4) is 0 Å². The smallest absolute Gasteiger partial charge is 0.380 e. The van der Waals surface area contributed by atoms with Gasteiger partial charge in [-0.25, -0.2) is 0 Å². The largest absolute Gasteiger partial charge is 0.416 e. The van der Waals surface area contributed by atoms with Crippen molar-refractivity contribution in [3.63, 3.8) is 0 Å². The van der Waals surface area contributed by atoms with Crippen LogP contribution < -0.4 is 5.32 Å². The number of hydrogen-bond donors (Lipinski definition) is 3. The molecule has 1 fully saturated rings. The van der Waals surface area contributed by atoms with Gasteiger partial charge < -0.3 is 20.4 Å². The molecule has 0 bridgehead atoms. The number of hydrogen-bond acceptors (Lipinski definition) is 4. The van der Waals surface area contributed by atoms with Crippen LogP contribution in [0.3, 0.4) is 0 Å². The van der Waals surface area contributed by atoms with Crippen LogP contribution in [0.1, 0.15) is 24.5 Å². The van der Waals surface area contributed by atoms with Gasteiger partial charge in [0.05, 0.1) is 5.56 Å². The summed E-state index contributed by atoms with van der Waals surface area (Å²) >= 11 is 0. The molecule has 1 saturated heterocycles. The van der Waals surface area contributed by atoms with Gasteiger partial charge >= 0.3 is 6.18 Å². The molecule has 2 amide bonds. The summed E-state index contributed by atoms with van der Waals surface area (Å²) in [5, 5.41) is 22.0. The van der Waals surface area contributed by atoms with Gasteiger partial charge in [-0.05, 0) is 30.0 Å². The lowest BCUT2D eigenvalue weighted by Gasteiger charge is -2.22. The molecule has 3 N–H and O–H groups in total. The highest BCUT2D eigenvalue weighted by molar-refractivity contribution is 5.90. The number of rotatable bonds is 5. The molecule has 3 atom stereocenters. The molecular formula is C17H21F3N2O4. The Hall–Kier alpha value is -2.13. The molecular weight excluding hydrogens is 353 g/mol. The van der Waals surface area contributed by atoms with Crippen molar-refractivity contribution in [2.45, 2.75) is 38.3 Å². The van der Waals surface area contributed by atoms with E-state index in [4.69, 9.17) is 0 Å². The van der Waals surface area contributed by atoms with Crippen LogP contribution in [0.5, 0.6) is 0 Å². The molecule has 1 unspecified atom stereocenters. The topological polar surface area (TPSA) is 89.9 Å². The Balaban J connectivity index is 1.87. The summed E-state index contributed by atoms with van der Waals surface area (Å²) in [6.45, 7) is 2.72. The highest BCUT2D eigenvalue weighted by Crippen LogP contribution is 2.29. The predicted octanol–water partition coefficient (Wildman–Crippen LogP) is 0.912. The van der Waals surface area contributed by atoms with Crippen molar-refractivity contribution in [3.05, 3.63) is 35.4 Å².